The minimum atomic E-state index is 0.535. The molecule has 0 unspecified atom stereocenters. The van der Waals surface area contributed by atoms with Gasteiger partial charge in [-0.15, -0.1) is 0 Å². The van der Waals surface area contributed by atoms with Gasteiger partial charge in [-0.3, -0.25) is 0 Å². The standard InChI is InChI=1S/C7H12N4/c8-1-6-4-11(5-10-6)7-2-9-3-7/h4-5,7,9H,1-3,8H2. The fraction of sp³-hybridized carbons (Fsp3) is 0.571. The molecule has 2 heterocycles. The van der Waals surface area contributed by atoms with Crippen molar-refractivity contribution in [2.24, 2.45) is 5.73 Å². The topological polar surface area (TPSA) is 55.9 Å². The number of imidazole rings is 1. The average Bonchev–Trinajstić information content (AvgIpc) is 2.32. The molecule has 11 heavy (non-hydrogen) atoms. The van der Waals surface area contributed by atoms with Crippen LogP contribution in [0.1, 0.15) is 11.7 Å². The Balaban J connectivity index is 2.11. The van der Waals surface area contributed by atoms with Crippen LogP contribution in [-0.4, -0.2) is 22.6 Å². The molecule has 4 heteroatoms. The van der Waals surface area contributed by atoms with E-state index in [9.17, 15) is 0 Å². The highest BCUT2D eigenvalue weighted by Gasteiger charge is 2.17. The average molecular weight is 152 g/mol. The van der Waals surface area contributed by atoms with E-state index in [1.165, 1.54) is 0 Å². The summed E-state index contributed by atoms with van der Waals surface area (Å²) >= 11 is 0. The van der Waals surface area contributed by atoms with Gasteiger partial charge in [0.15, 0.2) is 0 Å². The summed E-state index contributed by atoms with van der Waals surface area (Å²) in [6.07, 6.45) is 3.87. The van der Waals surface area contributed by atoms with Crippen LogP contribution in [0.4, 0.5) is 0 Å². The summed E-state index contributed by atoms with van der Waals surface area (Å²) in [5, 5.41) is 3.21. The molecule has 1 aliphatic rings. The highest BCUT2D eigenvalue weighted by molar-refractivity contribution is 4.99. The van der Waals surface area contributed by atoms with E-state index in [1.54, 1.807) is 0 Å². The van der Waals surface area contributed by atoms with Crippen LogP contribution < -0.4 is 11.1 Å². The largest absolute Gasteiger partial charge is 0.332 e. The lowest BCUT2D eigenvalue weighted by molar-refractivity contribution is 0.343. The first kappa shape index (κ1) is 6.82. The third-order valence-electron chi connectivity index (χ3n) is 2.05. The molecule has 60 valence electrons. The second-order valence-electron chi connectivity index (χ2n) is 2.83. The Kier molecular flexibility index (Phi) is 1.63. The molecular weight excluding hydrogens is 140 g/mol. The van der Waals surface area contributed by atoms with Gasteiger partial charge in [-0.05, 0) is 0 Å². The smallest absolute Gasteiger partial charge is 0.0953 e. The molecule has 1 aromatic heterocycles. The summed E-state index contributed by atoms with van der Waals surface area (Å²) in [5.74, 6) is 0. The van der Waals surface area contributed by atoms with Gasteiger partial charge in [0.1, 0.15) is 0 Å². The van der Waals surface area contributed by atoms with E-state index in [-0.39, 0.29) is 0 Å². The van der Waals surface area contributed by atoms with Crippen LogP contribution in [0.15, 0.2) is 12.5 Å². The maximum absolute atomic E-state index is 5.43. The lowest BCUT2D eigenvalue weighted by Crippen LogP contribution is -2.42. The zero-order valence-electron chi connectivity index (χ0n) is 6.33. The SMILES string of the molecule is NCc1cn(C2CNC2)cn1. The molecule has 0 aliphatic carbocycles. The monoisotopic (exact) mass is 152 g/mol. The first-order valence-electron chi connectivity index (χ1n) is 3.83. The van der Waals surface area contributed by atoms with Gasteiger partial charge in [0.25, 0.3) is 0 Å². The van der Waals surface area contributed by atoms with Gasteiger partial charge in [-0.2, -0.15) is 0 Å². The van der Waals surface area contributed by atoms with E-state index >= 15 is 0 Å². The molecular formula is C7H12N4. The second-order valence-corrected chi connectivity index (χ2v) is 2.83. The third kappa shape index (κ3) is 1.15. The number of hydrogen-bond acceptors (Lipinski definition) is 3. The van der Waals surface area contributed by atoms with Crippen LogP contribution in [0.5, 0.6) is 0 Å². The number of rotatable bonds is 2. The predicted octanol–water partition coefficient (Wildman–Crippen LogP) is -0.514. The van der Waals surface area contributed by atoms with E-state index in [0.29, 0.717) is 12.6 Å². The molecule has 1 aromatic rings. The highest BCUT2D eigenvalue weighted by atomic mass is 15.2. The van der Waals surface area contributed by atoms with Crippen molar-refractivity contribution in [3.05, 3.63) is 18.2 Å². The Morgan fingerprint density at radius 2 is 2.55 bits per heavy atom. The normalized spacial score (nSPS) is 18.3. The minimum absolute atomic E-state index is 0.535. The van der Waals surface area contributed by atoms with Crippen molar-refractivity contribution in [3.8, 4) is 0 Å². The van der Waals surface area contributed by atoms with Gasteiger partial charge in [0.05, 0.1) is 18.1 Å². The van der Waals surface area contributed by atoms with Crippen molar-refractivity contribution >= 4 is 0 Å². The molecule has 0 spiro atoms. The molecule has 0 aromatic carbocycles. The van der Waals surface area contributed by atoms with Gasteiger partial charge >= 0.3 is 0 Å². The number of nitrogens with one attached hydrogen (secondary N) is 1. The molecule has 0 atom stereocenters. The number of aromatic nitrogens is 2. The number of hydrogen-bond donors (Lipinski definition) is 2. The van der Waals surface area contributed by atoms with Gasteiger partial charge < -0.3 is 15.6 Å². The summed E-state index contributed by atoms with van der Waals surface area (Å²) in [4.78, 5) is 4.15. The second kappa shape index (κ2) is 2.64. The zero-order valence-corrected chi connectivity index (χ0v) is 6.33. The van der Waals surface area contributed by atoms with Gasteiger partial charge in [0.2, 0.25) is 0 Å². The highest BCUT2D eigenvalue weighted by Crippen LogP contribution is 2.11. The van der Waals surface area contributed by atoms with Crippen LogP contribution >= 0.6 is 0 Å². The fourth-order valence-corrected chi connectivity index (χ4v) is 1.17. The lowest BCUT2D eigenvalue weighted by atomic mass is 10.2. The van der Waals surface area contributed by atoms with Crippen molar-refractivity contribution in [1.82, 2.24) is 14.9 Å². The van der Waals surface area contributed by atoms with E-state index in [2.05, 4.69) is 14.9 Å². The summed E-state index contributed by atoms with van der Waals surface area (Å²) in [5.41, 5.74) is 6.40. The Hall–Kier alpha value is -0.870. The van der Waals surface area contributed by atoms with Gasteiger partial charge in [-0.25, -0.2) is 4.98 Å². The molecule has 0 saturated carbocycles. The van der Waals surface area contributed by atoms with Gasteiger partial charge in [-0.1, -0.05) is 0 Å². The van der Waals surface area contributed by atoms with Crippen LogP contribution in [-0.2, 0) is 6.54 Å². The van der Waals surface area contributed by atoms with E-state index in [0.717, 1.165) is 18.8 Å². The van der Waals surface area contributed by atoms with Crippen LogP contribution in [0.3, 0.4) is 0 Å². The minimum Gasteiger partial charge on any atom is -0.332 e. The molecule has 3 N–H and O–H groups in total. The molecule has 1 aliphatic heterocycles. The van der Waals surface area contributed by atoms with Crippen molar-refractivity contribution in [2.45, 2.75) is 12.6 Å². The Morgan fingerprint density at radius 3 is 3.00 bits per heavy atom. The molecule has 0 bridgehead atoms. The van der Waals surface area contributed by atoms with Crippen LogP contribution in [0.25, 0.3) is 0 Å². The van der Waals surface area contributed by atoms with Crippen molar-refractivity contribution < 1.29 is 0 Å². The van der Waals surface area contributed by atoms with Crippen molar-refractivity contribution in [1.29, 1.82) is 0 Å². The number of nitrogens with two attached hydrogens (primary N) is 1. The lowest BCUT2D eigenvalue weighted by Gasteiger charge is -2.27. The molecule has 0 radical (unpaired) electrons. The van der Waals surface area contributed by atoms with Crippen LogP contribution in [0.2, 0.25) is 0 Å². The predicted molar refractivity (Wildman–Crippen MR) is 42.0 cm³/mol. The van der Waals surface area contributed by atoms with Crippen molar-refractivity contribution in [2.75, 3.05) is 13.1 Å². The zero-order chi connectivity index (χ0) is 7.68. The third-order valence-corrected chi connectivity index (χ3v) is 2.05. The quantitative estimate of drug-likeness (QED) is 0.600. The maximum atomic E-state index is 5.43. The summed E-state index contributed by atoms with van der Waals surface area (Å²) in [6.45, 7) is 2.65. The Morgan fingerprint density at radius 1 is 1.73 bits per heavy atom. The Labute approximate surface area is 65.4 Å². The summed E-state index contributed by atoms with van der Waals surface area (Å²) < 4.78 is 2.12. The van der Waals surface area contributed by atoms with Crippen LogP contribution in [0, 0.1) is 0 Å². The summed E-state index contributed by atoms with van der Waals surface area (Å²) in [6, 6.07) is 0.600. The number of nitrogens with zero attached hydrogens (tertiary/aromatic N) is 2. The molecule has 2 rings (SSSR count). The molecule has 4 nitrogen and oxygen atoms in total. The van der Waals surface area contributed by atoms with E-state index in [1.807, 2.05) is 12.5 Å². The molecule has 0 amide bonds. The summed E-state index contributed by atoms with van der Waals surface area (Å²) in [7, 11) is 0. The van der Waals surface area contributed by atoms with Gasteiger partial charge in [0, 0.05) is 25.8 Å². The first-order valence-corrected chi connectivity index (χ1v) is 3.83. The van der Waals surface area contributed by atoms with E-state index in [4.69, 9.17) is 5.73 Å². The fourth-order valence-electron chi connectivity index (χ4n) is 1.17. The Bertz CT molecular complexity index is 238. The maximum Gasteiger partial charge on any atom is 0.0953 e. The van der Waals surface area contributed by atoms with Crippen molar-refractivity contribution in [3.63, 3.8) is 0 Å². The molecule has 1 fully saturated rings. The first-order chi connectivity index (χ1) is 5.40. The molecule has 1 saturated heterocycles. The van der Waals surface area contributed by atoms with E-state index < -0.39 is 0 Å².